The van der Waals surface area contributed by atoms with Crippen LogP contribution in [0.25, 0.3) is 0 Å². The van der Waals surface area contributed by atoms with Gasteiger partial charge in [0.1, 0.15) is 0 Å². The third-order valence-corrected chi connectivity index (χ3v) is 0. The van der Waals surface area contributed by atoms with Crippen molar-refractivity contribution in [2.24, 2.45) is 0 Å². The zero-order chi connectivity index (χ0) is 0. The number of halogens is 4. The van der Waals surface area contributed by atoms with Gasteiger partial charge in [0.2, 0.25) is 0 Å². The van der Waals surface area contributed by atoms with Gasteiger partial charge < -0.3 is 2.85 Å². The minimum atomic E-state index is 0. The van der Waals surface area contributed by atoms with Crippen LogP contribution >= 0.6 is 0 Å². The zero-order valence-corrected chi connectivity index (χ0v) is 9.74. The van der Waals surface area contributed by atoms with Crippen LogP contribution in [0.5, 0.6) is 0 Å². The van der Waals surface area contributed by atoms with Gasteiger partial charge in [0.25, 0.3) is 0 Å². The van der Waals surface area contributed by atoms with E-state index in [2.05, 4.69) is 0 Å². The second kappa shape index (κ2) is 57.8. The van der Waals surface area contributed by atoms with E-state index in [0.29, 0.717) is 0 Å². The first-order chi connectivity index (χ1) is 0. The first-order valence-electron chi connectivity index (χ1n) is 0. The quantitative estimate of drug-likeness (QED) is 0.450. The Bertz CT molecular complexity index is 14.0. The Kier molecular flexibility index (Phi) is 858. The molecule has 0 bridgehead atoms. The van der Waals surface area contributed by atoms with Crippen LogP contribution in [0.2, 0.25) is 0 Å². The minimum absolute atomic E-state index is 0. The Morgan fingerprint density at radius 3 is 0.667 bits per heavy atom. The summed E-state index contributed by atoms with van der Waals surface area (Å²) in [7, 11) is 0. The summed E-state index contributed by atoms with van der Waals surface area (Å²) in [5.74, 6) is 0. The van der Waals surface area contributed by atoms with Crippen LogP contribution in [0, 0.1) is 0 Å². The summed E-state index contributed by atoms with van der Waals surface area (Å²) in [4.78, 5) is 0. The van der Waals surface area contributed by atoms with Crippen LogP contribution < -0.4 is 0 Å². The molecule has 0 fully saturated rings. The first-order valence-corrected chi connectivity index (χ1v) is 0. The monoisotopic (exact) mass is 310 g/mol. The van der Waals surface area contributed by atoms with Crippen molar-refractivity contribution in [1.82, 2.24) is 0 Å². The van der Waals surface area contributed by atoms with Gasteiger partial charge in [0, 0.05) is 26.2 Å². The van der Waals surface area contributed by atoms with Crippen molar-refractivity contribution in [2.75, 3.05) is 0 Å². The van der Waals surface area contributed by atoms with Crippen LogP contribution in [0.4, 0.5) is 18.8 Å². The molecule has 0 N–H and O–H groups in total. The predicted molar refractivity (Wildman–Crippen MR) is 18.0 cm³/mol. The van der Waals surface area contributed by atoms with Crippen molar-refractivity contribution in [3.63, 3.8) is 0 Å². The molecule has 0 atom stereocenters. The Labute approximate surface area is 95.1 Å². The SMILES string of the molecule is F.F.F.F.[Ba+2].[H-].[H-].[Zr]. The molecule has 6 heteroatoms. The van der Waals surface area contributed by atoms with Crippen LogP contribution in [0.1, 0.15) is 2.85 Å². The molecular weight excluding hydrogens is 305 g/mol. The molecule has 0 unspecified atom stereocenters. The summed E-state index contributed by atoms with van der Waals surface area (Å²) in [5, 5.41) is 0. The van der Waals surface area contributed by atoms with Crippen molar-refractivity contribution in [3.8, 4) is 0 Å². The van der Waals surface area contributed by atoms with Crippen molar-refractivity contribution in [3.05, 3.63) is 0 Å². The van der Waals surface area contributed by atoms with E-state index in [1.807, 2.05) is 0 Å². The first kappa shape index (κ1) is 89.0. The molecule has 0 rings (SSSR count). The third-order valence-electron chi connectivity index (χ3n) is 0. The molecule has 40 valence electrons. The second-order valence-electron chi connectivity index (χ2n) is 0. The summed E-state index contributed by atoms with van der Waals surface area (Å²) in [6.07, 6.45) is 0. The molecule has 0 aliphatic heterocycles. The van der Waals surface area contributed by atoms with E-state index in [1.54, 1.807) is 0 Å². The third kappa shape index (κ3) is 35.0. The molecular formula is H6BaF4Zr. The van der Waals surface area contributed by atoms with Gasteiger partial charge in [-0.05, 0) is 0 Å². The fraction of sp³-hybridized carbons (Fsp3) is 0. The molecule has 0 heterocycles. The normalized spacial score (nSPS) is 0. The molecule has 0 radical (unpaired) electrons. The van der Waals surface area contributed by atoms with Crippen molar-refractivity contribution < 1.29 is 47.9 Å². The number of hydrogen-bond acceptors (Lipinski definition) is 0. The van der Waals surface area contributed by atoms with E-state index in [1.165, 1.54) is 0 Å². The molecule has 0 saturated heterocycles. The average molecular weight is 311 g/mol. The molecule has 0 aromatic carbocycles. The van der Waals surface area contributed by atoms with Gasteiger partial charge in [-0.25, -0.2) is 0 Å². The molecule has 0 nitrogen and oxygen atoms in total. The topological polar surface area (TPSA) is 0 Å². The summed E-state index contributed by atoms with van der Waals surface area (Å²) in [6, 6.07) is 0. The summed E-state index contributed by atoms with van der Waals surface area (Å²) in [6.45, 7) is 0. The van der Waals surface area contributed by atoms with Crippen molar-refractivity contribution in [2.45, 2.75) is 0 Å². The maximum Gasteiger partial charge on any atom is 2.00 e. The Balaban J connectivity index is 0. The van der Waals surface area contributed by atoms with Crippen LogP contribution in [0.15, 0.2) is 0 Å². The van der Waals surface area contributed by atoms with Gasteiger partial charge in [-0.15, -0.1) is 0 Å². The molecule has 0 aromatic heterocycles. The van der Waals surface area contributed by atoms with Crippen molar-refractivity contribution in [1.29, 1.82) is 0 Å². The largest absolute Gasteiger partial charge is 2.00 e. The maximum absolute atomic E-state index is 0. The van der Waals surface area contributed by atoms with Gasteiger partial charge in [0.15, 0.2) is 0 Å². The molecule has 0 aliphatic carbocycles. The number of rotatable bonds is 0. The fourth-order valence-electron chi connectivity index (χ4n) is 0. The minimum Gasteiger partial charge on any atom is -1.00 e. The van der Waals surface area contributed by atoms with Gasteiger partial charge >= 0.3 is 48.9 Å². The average Bonchev–Trinajstić information content (AvgIpc) is 0. The maximum atomic E-state index is 0. The molecule has 0 saturated carbocycles. The van der Waals surface area contributed by atoms with Gasteiger partial charge in [-0.3, -0.25) is 18.8 Å². The Hall–Kier alpha value is 2.17. The smallest absolute Gasteiger partial charge is 1.00 e. The second-order valence-corrected chi connectivity index (χ2v) is 0. The van der Waals surface area contributed by atoms with Gasteiger partial charge in [-0.1, -0.05) is 0 Å². The number of hydrogen-bond donors (Lipinski definition) is 0. The van der Waals surface area contributed by atoms with Crippen LogP contribution in [-0.2, 0) is 26.2 Å². The molecule has 0 amide bonds. The van der Waals surface area contributed by atoms with E-state index >= 15 is 0 Å². The molecule has 0 aromatic rings. The fourth-order valence-corrected chi connectivity index (χ4v) is 0. The molecule has 6 heavy (non-hydrogen) atoms. The predicted octanol–water partition coefficient (Wildman–Crippen LogP) is 0.452. The van der Waals surface area contributed by atoms with E-state index in [-0.39, 0.29) is 96.8 Å². The van der Waals surface area contributed by atoms with E-state index in [0.717, 1.165) is 0 Å². The van der Waals surface area contributed by atoms with Gasteiger partial charge in [0.05, 0.1) is 0 Å². The van der Waals surface area contributed by atoms with E-state index < -0.39 is 0 Å². The van der Waals surface area contributed by atoms with E-state index in [4.69, 9.17) is 0 Å². The molecule has 0 spiro atoms. The van der Waals surface area contributed by atoms with E-state index in [9.17, 15) is 0 Å². The Morgan fingerprint density at radius 1 is 0.667 bits per heavy atom. The zero-order valence-electron chi connectivity index (χ0n) is 4.84. The summed E-state index contributed by atoms with van der Waals surface area (Å²) < 4.78 is 0. The molecule has 0 aliphatic rings. The Morgan fingerprint density at radius 2 is 0.667 bits per heavy atom. The summed E-state index contributed by atoms with van der Waals surface area (Å²) in [5.41, 5.74) is 0. The van der Waals surface area contributed by atoms with Gasteiger partial charge in [-0.2, -0.15) is 0 Å². The summed E-state index contributed by atoms with van der Waals surface area (Å²) >= 11 is 0. The van der Waals surface area contributed by atoms with Crippen LogP contribution in [0.3, 0.4) is 0 Å². The van der Waals surface area contributed by atoms with Crippen LogP contribution in [-0.4, -0.2) is 48.9 Å². The standard InChI is InChI=1S/Ba.4FH.Zr.2H/h;4*1H;;;/q+2;;;;;;2*-1. The van der Waals surface area contributed by atoms with Crippen molar-refractivity contribution >= 4 is 48.9 Å².